The molecule has 6 heteroatoms. The fourth-order valence-corrected chi connectivity index (χ4v) is 3.86. The lowest BCUT2D eigenvalue weighted by molar-refractivity contribution is -0.137. The molecule has 2 atom stereocenters. The lowest BCUT2D eigenvalue weighted by atomic mass is 9.91. The van der Waals surface area contributed by atoms with Gasteiger partial charge in [-0.25, -0.2) is 0 Å². The fraction of sp³-hybridized carbons (Fsp3) is 0.500. The van der Waals surface area contributed by atoms with Crippen LogP contribution < -0.4 is 0 Å². The van der Waals surface area contributed by atoms with E-state index >= 15 is 0 Å². The van der Waals surface area contributed by atoms with Gasteiger partial charge in [-0.3, -0.25) is 9.69 Å². The van der Waals surface area contributed by atoms with E-state index in [4.69, 9.17) is 0 Å². The number of nitrogens with zero attached hydrogens (tertiary/aromatic N) is 2. The second-order valence-electron chi connectivity index (χ2n) is 6.59. The van der Waals surface area contributed by atoms with E-state index in [1.165, 1.54) is 18.2 Å². The van der Waals surface area contributed by atoms with Crippen molar-refractivity contribution in [3.8, 4) is 0 Å². The number of alkyl halides is 3. The summed E-state index contributed by atoms with van der Waals surface area (Å²) in [6.45, 7) is 6.22. The quantitative estimate of drug-likeness (QED) is 0.790. The van der Waals surface area contributed by atoms with Crippen molar-refractivity contribution in [1.82, 2.24) is 9.80 Å². The number of benzene rings is 1. The third kappa shape index (κ3) is 3.48. The molecule has 0 saturated carbocycles. The molecule has 0 bridgehead atoms. The van der Waals surface area contributed by atoms with Crippen LogP contribution in [-0.2, 0) is 17.5 Å². The molecule has 2 heterocycles. The summed E-state index contributed by atoms with van der Waals surface area (Å²) in [5.41, 5.74) is 0.0578. The molecule has 1 aromatic carbocycles. The molecule has 24 heavy (non-hydrogen) atoms. The second-order valence-corrected chi connectivity index (χ2v) is 6.59. The maximum absolute atomic E-state index is 12.9. The Hall–Kier alpha value is -1.82. The number of likely N-dealkylation sites (tertiary alicyclic amines) is 2. The van der Waals surface area contributed by atoms with Crippen LogP contribution in [0.15, 0.2) is 36.9 Å². The van der Waals surface area contributed by atoms with E-state index in [-0.39, 0.29) is 11.9 Å². The molecule has 0 spiro atoms. The first-order chi connectivity index (χ1) is 11.4. The Balaban J connectivity index is 1.73. The summed E-state index contributed by atoms with van der Waals surface area (Å²) >= 11 is 0. The fourth-order valence-electron chi connectivity index (χ4n) is 3.86. The Morgan fingerprint density at radius 1 is 1.33 bits per heavy atom. The molecular formula is C18H21F3N2O. The van der Waals surface area contributed by atoms with Crippen LogP contribution in [0.5, 0.6) is 0 Å². The zero-order chi connectivity index (χ0) is 17.3. The molecule has 130 valence electrons. The first-order valence-electron chi connectivity index (χ1n) is 8.20. The molecule has 1 aromatic rings. The third-order valence-corrected chi connectivity index (χ3v) is 5.02. The standard InChI is InChI=1S/C18H21F3N2O/c1-2-17(24)23-11-14-6-4-8-22(16(14)12-23)10-13-5-3-7-15(9-13)18(19,20)21/h2-3,5,7,9,14,16H,1,4,6,8,10-12H2/t14-,16+/m0/s1. The summed E-state index contributed by atoms with van der Waals surface area (Å²) in [4.78, 5) is 15.9. The van der Waals surface area contributed by atoms with Gasteiger partial charge in [-0.1, -0.05) is 24.8 Å². The molecule has 0 radical (unpaired) electrons. The van der Waals surface area contributed by atoms with Crippen LogP contribution in [0, 0.1) is 5.92 Å². The number of halogens is 3. The number of carbonyl (C=O) groups excluding carboxylic acids is 1. The zero-order valence-corrected chi connectivity index (χ0v) is 13.4. The van der Waals surface area contributed by atoms with Crippen molar-refractivity contribution in [2.24, 2.45) is 5.92 Å². The van der Waals surface area contributed by atoms with Crippen molar-refractivity contribution in [2.75, 3.05) is 19.6 Å². The summed E-state index contributed by atoms with van der Waals surface area (Å²) in [6, 6.07) is 5.74. The van der Waals surface area contributed by atoms with Gasteiger partial charge in [0, 0.05) is 25.7 Å². The first kappa shape index (κ1) is 17.0. The van der Waals surface area contributed by atoms with Gasteiger partial charge in [0.1, 0.15) is 0 Å². The van der Waals surface area contributed by atoms with Gasteiger partial charge in [0.25, 0.3) is 0 Å². The van der Waals surface area contributed by atoms with Gasteiger partial charge in [-0.15, -0.1) is 0 Å². The number of rotatable bonds is 3. The van der Waals surface area contributed by atoms with E-state index < -0.39 is 11.7 Å². The molecule has 2 fully saturated rings. The molecular weight excluding hydrogens is 317 g/mol. The van der Waals surface area contributed by atoms with E-state index in [9.17, 15) is 18.0 Å². The van der Waals surface area contributed by atoms with Crippen LogP contribution in [0.3, 0.4) is 0 Å². The molecule has 0 unspecified atom stereocenters. The molecule has 3 rings (SSSR count). The molecule has 2 saturated heterocycles. The maximum atomic E-state index is 12.9. The Labute approximate surface area is 139 Å². The SMILES string of the molecule is C=CC(=O)N1C[C@@H]2CCCN(Cc3cccc(C(F)(F)F)c3)[C@@H]2C1. The number of hydrogen-bond acceptors (Lipinski definition) is 2. The summed E-state index contributed by atoms with van der Waals surface area (Å²) in [6.07, 6.45) is -0.920. The van der Waals surface area contributed by atoms with Crippen molar-refractivity contribution in [3.05, 3.63) is 48.0 Å². The molecule has 2 aliphatic heterocycles. The Morgan fingerprint density at radius 2 is 2.12 bits per heavy atom. The molecule has 0 aromatic heterocycles. The van der Waals surface area contributed by atoms with Gasteiger partial charge in [-0.05, 0) is 43.0 Å². The number of hydrogen-bond donors (Lipinski definition) is 0. The average Bonchev–Trinajstić information content (AvgIpc) is 2.99. The van der Waals surface area contributed by atoms with Crippen LogP contribution in [0.25, 0.3) is 0 Å². The van der Waals surface area contributed by atoms with Gasteiger partial charge in [-0.2, -0.15) is 13.2 Å². The largest absolute Gasteiger partial charge is 0.416 e. The maximum Gasteiger partial charge on any atom is 0.416 e. The second kappa shape index (κ2) is 6.59. The van der Waals surface area contributed by atoms with Crippen LogP contribution in [-0.4, -0.2) is 41.4 Å². The normalized spacial score (nSPS) is 24.7. The molecule has 0 aliphatic carbocycles. The van der Waals surface area contributed by atoms with Gasteiger partial charge in [0.15, 0.2) is 0 Å². The van der Waals surface area contributed by atoms with Crippen molar-refractivity contribution in [1.29, 1.82) is 0 Å². The third-order valence-electron chi connectivity index (χ3n) is 5.02. The highest BCUT2D eigenvalue weighted by Gasteiger charge is 2.40. The number of carbonyl (C=O) groups is 1. The van der Waals surface area contributed by atoms with Crippen LogP contribution >= 0.6 is 0 Å². The van der Waals surface area contributed by atoms with E-state index in [1.807, 2.05) is 0 Å². The molecule has 3 nitrogen and oxygen atoms in total. The minimum absolute atomic E-state index is 0.0663. The highest BCUT2D eigenvalue weighted by Crippen LogP contribution is 2.33. The minimum Gasteiger partial charge on any atom is -0.337 e. The summed E-state index contributed by atoms with van der Waals surface area (Å²) in [7, 11) is 0. The first-order valence-corrected chi connectivity index (χ1v) is 8.20. The Bertz CT molecular complexity index is 629. The van der Waals surface area contributed by atoms with Gasteiger partial charge >= 0.3 is 6.18 Å². The predicted molar refractivity (Wildman–Crippen MR) is 85.1 cm³/mol. The van der Waals surface area contributed by atoms with Gasteiger partial charge in [0.05, 0.1) is 5.56 Å². The van der Waals surface area contributed by atoms with E-state index in [2.05, 4.69) is 11.5 Å². The van der Waals surface area contributed by atoms with Crippen LogP contribution in [0.1, 0.15) is 24.0 Å². The van der Waals surface area contributed by atoms with Crippen molar-refractivity contribution in [2.45, 2.75) is 31.6 Å². The topological polar surface area (TPSA) is 23.6 Å². The van der Waals surface area contributed by atoms with Crippen LogP contribution in [0.4, 0.5) is 13.2 Å². The Kier molecular flexibility index (Phi) is 4.67. The van der Waals surface area contributed by atoms with E-state index in [0.29, 0.717) is 31.1 Å². The predicted octanol–water partition coefficient (Wildman–Crippen LogP) is 3.31. The Morgan fingerprint density at radius 3 is 2.83 bits per heavy atom. The minimum atomic E-state index is -4.32. The van der Waals surface area contributed by atoms with E-state index in [1.54, 1.807) is 11.0 Å². The summed E-state index contributed by atoms with van der Waals surface area (Å²) in [5.74, 6) is 0.330. The summed E-state index contributed by atoms with van der Waals surface area (Å²) < 4.78 is 38.6. The number of amides is 1. The summed E-state index contributed by atoms with van der Waals surface area (Å²) in [5, 5.41) is 0. The van der Waals surface area contributed by atoms with Crippen molar-refractivity contribution >= 4 is 5.91 Å². The molecule has 0 N–H and O–H groups in total. The van der Waals surface area contributed by atoms with Gasteiger partial charge in [0.2, 0.25) is 5.91 Å². The number of fused-ring (bicyclic) bond motifs is 1. The monoisotopic (exact) mass is 338 g/mol. The lowest BCUT2D eigenvalue weighted by Gasteiger charge is -2.36. The zero-order valence-electron chi connectivity index (χ0n) is 13.4. The highest BCUT2D eigenvalue weighted by molar-refractivity contribution is 5.87. The smallest absolute Gasteiger partial charge is 0.337 e. The lowest BCUT2D eigenvalue weighted by Crippen LogP contribution is -2.44. The average molecular weight is 338 g/mol. The van der Waals surface area contributed by atoms with Gasteiger partial charge < -0.3 is 4.90 Å². The van der Waals surface area contributed by atoms with Crippen molar-refractivity contribution < 1.29 is 18.0 Å². The van der Waals surface area contributed by atoms with Crippen molar-refractivity contribution in [3.63, 3.8) is 0 Å². The van der Waals surface area contributed by atoms with E-state index in [0.717, 1.165) is 25.5 Å². The molecule has 1 amide bonds. The molecule has 2 aliphatic rings. The highest BCUT2D eigenvalue weighted by atomic mass is 19.4. The van der Waals surface area contributed by atoms with Crippen LogP contribution in [0.2, 0.25) is 0 Å². The number of piperidine rings is 1.